The fourth-order valence-electron chi connectivity index (χ4n) is 3.85. The average Bonchev–Trinajstić information content (AvgIpc) is 2.82. The molecule has 23 heavy (non-hydrogen) atoms. The first-order valence-corrected chi connectivity index (χ1v) is 8.70. The van der Waals surface area contributed by atoms with Crippen molar-refractivity contribution in [2.45, 2.75) is 38.6 Å². The van der Waals surface area contributed by atoms with Gasteiger partial charge >= 0.3 is 5.97 Å². The van der Waals surface area contributed by atoms with Gasteiger partial charge in [-0.05, 0) is 56.2 Å². The molecule has 2 saturated heterocycles. The summed E-state index contributed by atoms with van der Waals surface area (Å²) >= 11 is 0. The number of aromatic nitrogens is 1. The summed E-state index contributed by atoms with van der Waals surface area (Å²) in [7, 11) is 0. The fourth-order valence-corrected chi connectivity index (χ4v) is 3.85. The molecule has 0 aliphatic carbocycles. The normalized spacial score (nSPS) is 24.3. The van der Waals surface area contributed by atoms with Crippen molar-refractivity contribution in [3.63, 3.8) is 0 Å². The number of hydrogen-bond acceptors (Lipinski definition) is 4. The van der Waals surface area contributed by atoms with E-state index in [9.17, 15) is 4.79 Å². The molecule has 0 radical (unpaired) electrons. The zero-order chi connectivity index (χ0) is 16.1. The average molecular weight is 318 g/mol. The molecular weight excluding hydrogens is 292 g/mol. The summed E-state index contributed by atoms with van der Waals surface area (Å²) in [5, 5.41) is 8.95. The quantitative estimate of drug-likeness (QED) is 0.925. The zero-order valence-electron chi connectivity index (χ0n) is 13.6. The Labute approximate surface area is 137 Å². The number of ether oxygens (including phenoxy) is 1. The molecule has 1 aromatic rings. The van der Waals surface area contributed by atoms with Crippen LogP contribution in [0.3, 0.4) is 0 Å². The minimum atomic E-state index is -0.918. The number of rotatable bonds is 4. The highest BCUT2D eigenvalue weighted by Crippen LogP contribution is 2.30. The van der Waals surface area contributed by atoms with Crippen molar-refractivity contribution < 1.29 is 14.6 Å². The van der Waals surface area contributed by atoms with Crippen LogP contribution in [0.2, 0.25) is 0 Å². The number of likely N-dealkylation sites (tertiary alicyclic amines) is 1. The van der Waals surface area contributed by atoms with E-state index in [2.05, 4.69) is 9.88 Å². The van der Waals surface area contributed by atoms with Crippen LogP contribution in [-0.4, -0.2) is 47.3 Å². The molecule has 0 bridgehead atoms. The third kappa shape index (κ3) is 4.52. The highest BCUT2D eigenvalue weighted by Gasteiger charge is 2.27. The first kappa shape index (κ1) is 16.4. The van der Waals surface area contributed by atoms with Crippen LogP contribution < -0.4 is 0 Å². The lowest BCUT2D eigenvalue weighted by molar-refractivity contribution is 0.0385. The van der Waals surface area contributed by atoms with Gasteiger partial charge in [-0.3, -0.25) is 9.88 Å². The summed E-state index contributed by atoms with van der Waals surface area (Å²) in [4.78, 5) is 17.7. The van der Waals surface area contributed by atoms with Gasteiger partial charge in [-0.15, -0.1) is 0 Å². The third-order valence-corrected chi connectivity index (χ3v) is 5.18. The molecule has 5 heteroatoms. The molecule has 5 nitrogen and oxygen atoms in total. The van der Waals surface area contributed by atoms with Crippen LogP contribution in [-0.2, 0) is 11.3 Å². The van der Waals surface area contributed by atoms with E-state index < -0.39 is 5.97 Å². The van der Waals surface area contributed by atoms with Crippen molar-refractivity contribution >= 4 is 5.97 Å². The lowest BCUT2D eigenvalue weighted by Crippen LogP contribution is -2.33. The van der Waals surface area contributed by atoms with E-state index >= 15 is 0 Å². The lowest BCUT2D eigenvalue weighted by atomic mass is 9.83. The van der Waals surface area contributed by atoms with Gasteiger partial charge in [0, 0.05) is 32.5 Å². The highest BCUT2D eigenvalue weighted by molar-refractivity contribution is 5.87. The summed E-state index contributed by atoms with van der Waals surface area (Å²) in [5.41, 5.74) is 1.22. The number of carboxylic acid groups (broad SMARTS) is 1. The monoisotopic (exact) mass is 318 g/mol. The van der Waals surface area contributed by atoms with E-state index in [1.165, 1.54) is 38.3 Å². The topological polar surface area (TPSA) is 62.7 Å². The van der Waals surface area contributed by atoms with Crippen LogP contribution in [0, 0.1) is 11.8 Å². The molecule has 3 rings (SSSR count). The van der Waals surface area contributed by atoms with Gasteiger partial charge in [-0.2, -0.15) is 0 Å². The Kier molecular flexibility index (Phi) is 5.62. The summed E-state index contributed by atoms with van der Waals surface area (Å²) in [6, 6.07) is 3.50. The van der Waals surface area contributed by atoms with Crippen molar-refractivity contribution in [3.8, 4) is 0 Å². The van der Waals surface area contributed by atoms with E-state index in [4.69, 9.17) is 9.84 Å². The summed E-state index contributed by atoms with van der Waals surface area (Å²) < 4.78 is 5.50. The third-order valence-electron chi connectivity index (χ3n) is 5.18. The van der Waals surface area contributed by atoms with Gasteiger partial charge in [0.15, 0.2) is 0 Å². The second kappa shape index (κ2) is 7.88. The van der Waals surface area contributed by atoms with Gasteiger partial charge in [0.05, 0.1) is 11.3 Å². The van der Waals surface area contributed by atoms with Gasteiger partial charge in [0.25, 0.3) is 0 Å². The Morgan fingerprint density at radius 2 is 2.04 bits per heavy atom. The van der Waals surface area contributed by atoms with Crippen molar-refractivity contribution in [2.24, 2.45) is 11.8 Å². The van der Waals surface area contributed by atoms with Crippen molar-refractivity contribution in [1.82, 2.24) is 9.88 Å². The first-order chi connectivity index (χ1) is 11.2. The zero-order valence-corrected chi connectivity index (χ0v) is 13.6. The van der Waals surface area contributed by atoms with Crippen molar-refractivity contribution in [2.75, 3.05) is 26.3 Å². The van der Waals surface area contributed by atoms with Crippen LogP contribution in [0.4, 0.5) is 0 Å². The maximum atomic E-state index is 10.9. The molecule has 0 saturated carbocycles. The predicted octanol–water partition coefficient (Wildman–Crippen LogP) is 2.81. The molecule has 0 aromatic carbocycles. The van der Waals surface area contributed by atoms with Crippen molar-refractivity contribution in [1.29, 1.82) is 0 Å². The van der Waals surface area contributed by atoms with Crippen LogP contribution in [0.5, 0.6) is 0 Å². The first-order valence-electron chi connectivity index (χ1n) is 8.70. The van der Waals surface area contributed by atoms with E-state index in [-0.39, 0.29) is 5.56 Å². The number of carbonyl (C=O) groups is 1. The van der Waals surface area contributed by atoms with Gasteiger partial charge < -0.3 is 9.84 Å². The Morgan fingerprint density at radius 1 is 1.22 bits per heavy atom. The van der Waals surface area contributed by atoms with Gasteiger partial charge in [0.2, 0.25) is 0 Å². The van der Waals surface area contributed by atoms with Crippen LogP contribution in [0.1, 0.15) is 48.2 Å². The molecule has 1 atom stereocenters. The molecule has 1 aromatic heterocycles. The number of nitrogens with zero attached hydrogens (tertiary/aromatic N) is 2. The van der Waals surface area contributed by atoms with Crippen LogP contribution in [0.25, 0.3) is 0 Å². The minimum Gasteiger partial charge on any atom is -0.478 e. The summed E-state index contributed by atoms with van der Waals surface area (Å²) in [6.07, 6.45) is 7.74. The molecule has 0 amide bonds. The molecule has 2 fully saturated rings. The van der Waals surface area contributed by atoms with Crippen LogP contribution >= 0.6 is 0 Å². The Hall–Kier alpha value is -1.46. The molecular formula is C18H26N2O3. The lowest BCUT2D eigenvalue weighted by Gasteiger charge is -2.32. The fraction of sp³-hybridized carbons (Fsp3) is 0.667. The molecule has 0 spiro atoms. The Morgan fingerprint density at radius 3 is 2.74 bits per heavy atom. The number of hydrogen-bond donors (Lipinski definition) is 1. The number of pyridine rings is 1. The summed E-state index contributed by atoms with van der Waals surface area (Å²) in [6.45, 7) is 4.90. The molecule has 126 valence electrons. The predicted molar refractivity (Wildman–Crippen MR) is 87.4 cm³/mol. The van der Waals surface area contributed by atoms with Gasteiger partial charge in [-0.1, -0.05) is 6.42 Å². The molecule has 2 aliphatic rings. The molecule has 2 aliphatic heterocycles. The molecule has 1 unspecified atom stereocenters. The van der Waals surface area contributed by atoms with Crippen molar-refractivity contribution in [3.05, 3.63) is 29.6 Å². The number of carboxylic acids is 1. The Bertz CT molecular complexity index is 512. The molecule has 3 heterocycles. The van der Waals surface area contributed by atoms with E-state index in [0.29, 0.717) is 0 Å². The van der Waals surface area contributed by atoms with E-state index in [0.717, 1.165) is 50.4 Å². The largest absolute Gasteiger partial charge is 0.478 e. The van der Waals surface area contributed by atoms with Gasteiger partial charge in [0.1, 0.15) is 0 Å². The van der Waals surface area contributed by atoms with E-state index in [1.54, 1.807) is 6.07 Å². The minimum absolute atomic E-state index is 0.254. The Balaban J connectivity index is 1.60. The highest BCUT2D eigenvalue weighted by atomic mass is 16.5. The molecule has 1 N–H and O–H groups in total. The van der Waals surface area contributed by atoms with Crippen LogP contribution in [0.15, 0.2) is 18.3 Å². The number of aromatic carboxylic acids is 1. The maximum Gasteiger partial charge on any atom is 0.337 e. The second-order valence-corrected chi connectivity index (χ2v) is 6.78. The summed E-state index contributed by atoms with van der Waals surface area (Å²) in [5.74, 6) is 0.643. The maximum absolute atomic E-state index is 10.9. The SMILES string of the molecule is O=C(O)c1ccc(CN2CCCCC(C3CCOCC3)C2)nc1. The smallest absolute Gasteiger partial charge is 0.337 e. The standard InChI is InChI=1S/C18H26N2O3/c21-18(22)15-4-5-17(19-11-15)13-20-8-2-1-3-16(12-20)14-6-9-23-10-7-14/h4-5,11,14,16H,1-3,6-10,12-13H2,(H,21,22). The van der Waals surface area contributed by atoms with Gasteiger partial charge in [-0.25, -0.2) is 4.79 Å². The van der Waals surface area contributed by atoms with E-state index in [1.807, 2.05) is 6.07 Å². The second-order valence-electron chi connectivity index (χ2n) is 6.78.